The van der Waals surface area contributed by atoms with Crippen molar-refractivity contribution in [3.8, 4) is 0 Å². The van der Waals surface area contributed by atoms with Gasteiger partial charge in [-0.1, -0.05) is 47.6 Å². The molecule has 8 nitrogen and oxygen atoms in total. The summed E-state index contributed by atoms with van der Waals surface area (Å²) >= 11 is 6.24. The topological polar surface area (TPSA) is 100 Å². The first-order chi connectivity index (χ1) is 15.4. The van der Waals surface area contributed by atoms with E-state index in [9.17, 15) is 14.0 Å². The van der Waals surface area contributed by atoms with Gasteiger partial charge >= 0.3 is 12.0 Å². The van der Waals surface area contributed by atoms with E-state index in [4.69, 9.17) is 16.0 Å². The van der Waals surface area contributed by atoms with E-state index < -0.39 is 29.2 Å². The predicted octanol–water partition coefficient (Wildman–Crippen LogP) is 3.69. The molecule has 1 fully saturated rings. The van der Waals surface area contributed by atoms with Crippen LogP contribution in [0.1, 0.15) is 36.0 Å². The Balaban J connectivity index is 1.50. The van der Waals surface area contributed by atoms with Gasteiger partial charge in [-0.2, -0.15) is 0 Å². The first-order valence-corrected chi connectivity index (χ1v) is 10.3. The van der Waals surface area contributed by atoms with Gasteiger partial charge in [0, 0.05) is 5.70 Å². The number of alkyl halides is 1. The lowest BCUT2D eigenvalue weighted by Gasteiger charge is -2.41. The van der Waals surface area contributed by atoms with Gasteiger partial charge in [0.05, 0.1) is 17.7 Å². The van der Waals surface area contributed by atoms with Crippen LogP contribution >= 0.6 is 11.6 Å². The molecule has 2 aromatic carbocycles. The number of nitrogens with one attached hydrogen (secondary N) is 2. The monoisotopic (exact) mass is 453 g/mol. The highest BCUT2D eigenvalue weighted by Crippen LogP contribution is 2.43. The maximum atomic E-state index is 13.3. The molecule has 1 saturated heterocycles. The maximum absolute atomic E-state index is 13.3. The molecule has 2 aliphatic rings. The number of aromatic nitrogens is 2. The summed E-state index contributed by atoms with van der Waals surface area (Å²) in [6.45, 7) is 1.73. The molecular weight excluding hydrogens is 437 g/mol. The third-order valence-corrected chi connectivity index (χ3v) is 5.92. The SMILES string of the molecule is CC1=C(c2nnc(N3C(=O)C(Cl)C3c3ccc(F)cc3)o2)C(c2ccccc2)NC(=O)N1. The number of carbonyl (C=O) groups is 2. The molecule has 3 aromatic rings. The molecule has 3 heterocycles. The lowest BCUT2D eigenvalue weighted by molar-refractivity contribution is -0.124. The predicted molar refractivity (Wildman–Crippen MR) is 114 cm³/mol. The molecule has 3 unspecified atom stereocenters. The number of amides is 3. The van der Waals surface area contributed by atoms with Crippen LogP contribution in [0.2, 0.25) is 0 Å². The average Bonchev–Trinajstić information content (AvgIpc) is 3.26. The third kappa shape index (κ3) is 3.31. The quantitative estimate of drug-likeness (QED) is 0.463. The van der Waals surface area contributed by atoms with Gasteiger partial charge in [0.25, 0.3) is 5.91 Å². The smallest absolute Gasteiger partial charge is 0.325 e. The molecule has 10 heteroatoms. The van der Waals surface area contributed by atoms with Crippen molar-refractivity contribution in [1.29, 1.82) is 0 Å². The number of halogens is 2. The molecule has 0 saturated carbocycles. The van der Waals surface area contributed by atoms with Gasteiger partial charge in [0.2, 0.25) is 5.89 Å². The van der Waals surface area contributed by atoms with Crippen LogP contribution in [-0.2, 0) is 4.79 Å². The van der Waals surface area contributed by atoms with E-state index in [1.807, 2.05) is 30.3 Å². The lowest BCUT2D eigenvalue weighted by Crippen LogP contribution is -2.56. The van der Waals surface area contributed by atoms with Crippen LogP contribution < -0.4 is 15.5 Å². The minimum absolute atomic E-state index is 0.0276. The number of anilines is 1. The molecule has 0 bridgehead atoms. The standard InChI is InChI=1S/C22H17ClFN5O3/c1-11-15(17(26-21(31)25-11)12-5-3-2-4-6-12)19-27-28-22(32-19)29-18(16(23)20(29)30)13-7-9-14(24)10-8-13/h2-10,16-18H,1H3,(H2,25,26,31). The number of hydrogen-bond acceptors (Lipinski definition) is 5. The third-order valence-electron chi connectivity index (χ3n) is 5.49. The minimum atomic E-state index is -0.829. The Morgan fingerprint density at radius 1 is 1.03 bits per heavy atom. The number of urea groups is 1. The summed E-state index contributed by atoms with van der Waals surface area (Å²) in [5.74, 6) is -0.627. The van der Waals surface area contributed by atoms with Crippen molar-refractivity contribution in [1.82, 2.24) is 20.8 Å². The molecule has 32 heavy (non-hydrogen) atoms. The summed E-state index contributed by atoms with van der Waals surface area (Å²) in [5, 5.41) is 12.9. The van der Waals surface area contributed by atoms with Crippen LogP contribution in [0.3, 0.4) is 0 Å². The second kappa shape index (κ2) is 7.76. The van der Waals surface area contributed by atoms with Gasteiger partial charge in [0.15, 0.2) is 0 Å². The van der Waals surface area contributed by atoms with Gasteiger partial charge < -0.3 is 15.1 Å². The molecule has 162 valence electrons. The number of allylic oxidation sites excluding steroid dienone is 1. The van der Waals surface area contributed by atoms with E-state index >= 15 is 0 Å². The van der Waals surface area contributed by atoms with Gasteiger partial charge in [-0.15, -0.1) is 16.7 Å². The van der Waals surface area contributed by atoms with Crippen LogP contribution in [0, 0.1) is 5.82 Å². The first kappa shape index (κ1) is 20.2. The fourth-order valence-corrected chi connectivity index (χ4v) is 4.30. The number of carbonyl (C=O) groups excluding carboxylic acids is 2. The van der Waals surface area contributed by atoms with Crippen LogP contribution in [0.15, 0.2) is 64.7 Å². The zero-order valence-corrected chi connectivity index (χ0v) is 17.5. The van der Waals surface area contributed by atoms with Gasteiger partial charge in [-0.3, -0.25) is 9.69 Å². The molecule has 0 spiro atoms. The number of β-lactam (4-membered cyclic amide) rings is 1. The Bertz CT molecular complexity index is 1230. The number of rotatable bonds is 4. The molecule has 3 amide bonds. The van der Waals surface area contributed by atoms with Crippen LogP contribution in [-0.4, -0.2) is 27.5 Å². The van der Waals surface area contributed by atoms with Crippen molar-refractivity contribution in [2.75, 3.05) is 4.90 Å². The highest BCUT2D eigenvalue weighted by Gasteiger charge is 2.50. The van der Waals surface area contributed by atoms with Crippen LogP contribution in [0.25, 0.3) is 5.57 Å². The number of nitrogens with zero attached hydrogens (tertiary/aromatic N) is 3. The van der Waals surface area contributed by atoms with Crippen LogP contribution in [0.4, 0.5) is 15.2 Å². The molecule has 2 aliphatic heterocycles. The molecule has 1 aromatic heterocycles. The molecule has 2 N–H and O–H groups in total. The van der Waals surface area contributed by atoms with E-state index in [1.54, 1.807) is 19.1 Å². The molecule has 0 aliphatic carbocycles. The van der Waals surface area contributed by atoms with Crippen LogP contribution in [0.5, 0.6) is 0 Å². The molecule has 0 radical (unpaired) electrons. The summed E-state index contributed by atoms with van der Waals surface area (Å²) in [6, 6.07) is 13.6. The summed E-state index contributed by atoms with van der Waals surface area (Å²) in [5.41, 5.74) is 2.62. The highest BCUT2D eigenvalue weighted by molar-refractivity contribution is 6.37. The number of hydrogen-bond donors (Lipinski definition) is 2. The minimum Gasteiger partial charge on any atom is -0.403 e. The molecular formula is C22H17ClFN5O3. The Hall–Kier alpha value is -3.72. The Morgan fingerprint density at radius 3 is 2.47 bits per heavy atom. The largest absolute Gasteiger partial charge is 0.403 e. The first-order valence-electron chi connectivity index (χ1n) is 9.84. The van der Waals surface area contributed by atoms with E-state index in [1.165, 1.54) is 17.0 Å². The Labute approximate surface area is 187 Å². The summed E-state index contributed by atoms with van der Waals surface area (Å²) in [7, 11) is 0. The van der Waals surface area contributed by atoms with Crippen molar-refractivity contribution < 1.29 is 18.4 Å². The fourth-order valence-electron chi connectivity index (χ4n) is 3.94. The van der Waals surface area contributed by atoms with Crippen molar-refractivity contribution in [3.05, 3.63) is 83.1 Å². The molecule has 3 atom stereocenters. The van der Waals surface area contributed by atoms with Gasteiger partial charge in [0.1, 0.15) is 11.2 Å². The maximum Gasteiger partial charge on any atom is 0.325 e. The fraction of sp³-hybridized carbons (Fsp3) is 0.182. The zero-order chi connectivity index (χ0) is 22.4. The summed E-state index contributed by atoms with van der Waals surface area (Å²) in [4.78, 5) is 25.9. The van der Waals surface area contributed by atoms with Gasteiger partial charge in [-0.05, 0) is 30.2 Å². The van der Waals surface area contributed by atoms with Crippen molar-refractivity contribution in [3.63, 3.8) is 0 Å². The van der Waals surface area contributed by atoms with E-state index in [2.05, 4.69) is 20.8 Å². The van der Waals surface area contributed by atoms with Crippen molar-refractivity contribution in [2.24, 2.45) is 0 Å². The van der Waals surface area contributed by atoms with E-state index in [0.717, 1.165) is 5.56 Å². The number of benzene rings is 2. The highest BCUT2D eigenvalue weighted by atomic mass is 35.5. The normalized spacial score (nSPS) is 23.0. The van der Waals surface area contributed by atoms with Gasteiger partial charge in [-0.25, -0.2) is 9.18 Å². The zero-order valence-electron chi connectivity index (χ0n) is 16.8. The Morgan fingerprint density at radius 2 is 1.75 bits per heavy atom. The molecule has 5 rings (SSSR count). The summed E-state index contributed by atoms with van der Waals surface area (Å²) in [6.07, 6.45) is 0. The Kier molecular flexibility index (Phi) is 4.90. The average molecular weight is 454 g/mol. The second-order valence-corrected chi connectivity index (χ2v) is 7.95. The van der Waals surface area contributed by atoms with E-state index in [-0.39, 0.29) is 17.9 Å². The lowest BCUT2D eigenvalue weighted by atomic mass is 9.94. The van der Waals surface area contributed by atoms with Crippen molar-refractivity contribution in [2.45, 2.75) is 24.4 Å². The van der Waals surface area contributed by atoms with Crippen molar-refractivity contribution >= 4 is 35.1 Å². The van der Waals surface area contributed by atoms with E-state index in [0.29, 0.717) is 16.8 Å². The second-order valence-electron chi connectivity index (χ2n) is 7.48. The summed E-state index contributed by atoms with van der Waals surface area (Å²) < 4.78 is 19.2.